The molecule has 1 unspecified atom stereocenters. The van der Waals surface area contributed by atoms with Crippen molar-refractivity contribution < 1.29 is 9.53 Å². The van der Waals surface area contributed by atoms with Crippen molar-refractivity contribution in [1.82, 2.24) is 34.4 Å². The summed E-state index contributed by atoms with van der Waals surface area (Å²) in [6.07, 6.45) is 3.42. The Morgan fingerprint density at radius 2 is 1.97 bits per heavy atom. The molecule has 0 bridgehead atoms. The van der Waals surface area contributed by atoms with Gasteiger partial charge in [-0.05, 0) is 31.2 Å². The van der Waals surface area contributed by atoms with E-state index in [0.29, 0.717) is 25.7 Å². The lowest BCUT2D eigenvalue weighted by atomic mass is 10.1. The molecule has 0 aliphatic carbocycles. The number of thiazole rings is 1. The largest absolute Gasteiger partial charge is 0.380 e. The smallest absolute Gasteiger partial charge is 0.242 e. The number of hydrogen-bond donors (Lipinski definition) is 1. The lowest BCUT2D eigenvalue weighted by molar-refractivity contribution is -0.134. The minimum atomic E-state index is 0.0464. The fraction of sp³-hybridized carbons (Fsp3) is 0.346. The number of imidazole rings is 2. The first kappa shape index (κ1) is 22.4. The molecule has 6 heterocycles. The Morgan fingerprint density at radius 3 is 2.78 bits per heavy atom. The van der Waals surface area contributed by atoms with E-state index in [9.17, 15) is 4.79 Å². The molecule has 2 aliphatic rings. The summed E-state index contributed by atoms with van der Waals surface area (Å²) in [4.78, 5) is 39.7. The van der Waals surface area contributed by atoms with Gasteiger partial charge in [-0.3, -0.25) is 4.79 Å². The number of carbonyl (C=O) groups excluding carboxylic acids is 1. The average Bonchev–Trinajstić information content (AvgIpc) is 3.60. The fourth-order valence-electron chi connectivity index (χ4n) is 5.08. The molecular weight excluding hydrogens is 488 g/mol. The number of anilines is 1. The number of piperazine rings is 1. The van der Waals surface area contributed by atoms with E-state index in [1.807, 2.05) is 45.9 Å². The van der Waals surface area contributed by atoms with Crippen LogP contribution in [0, 0.1) is 0 Å². The van der Waals surface area contributed by atoms with Crippen molar-refractivity contribution in [3.05, 3.63) is 53.9 Å². The Balaban J connectivity index is 1.13. The first-order valence-electron chi connectivity index (χ1n) is 12.5. The molecule has 7 rings (SSSR count). The number of fused-ring (bicyclic) bond motifs is 2. The third kappa shape index (κ3) is 3.94. The quantitative estimate of drug-likeness (QED) is 0.384. The van der Waals surface area contributed by atoms with Crippen molar-refractivity contribution in [3.8, 4) is 11.5 Å². The number of pyridine rings is 1. The van der Waals surface area contributed by atoms with E-state index in [0.717, 1.165) is 56.8 Å². The summed E-state index contributed by atoms with van der Waals surface area (Å²) in [5, 5.41) is 2.19. The number of aromatic amines is 1. The van der Waals surface area contributed by atoms with Gasteiger partial charge < -0.3 is 24.1 Å². The van der Waals surface area contributed by atoms with Crippen molar-refractivity contribution in [2.75, 3.05) is 37.7 Å². The van der Waals surface area contributed by atoms with Gasteiger partial charge in [0.15, 0.2) is 11.5 Å². The highest BCUT2D eigenvalue weighted by Crippen LogP contribution is 2.40. The van der Waals surface area contributed by atoms with Crippen molar-refractivity contribution in [3.63, 3.8) is 0 Å². The summed E-state index contributed by atoms with van der Waals surface area (Å²) in [5.41, 5.74) is 4.33. The van der Waals surface area contributed by atoms with Crippen LogP contribution in [-0.4, -0.2) is 79.2 Å². The predicted octanol–water partition coefficient (Wildman–Crippen LogP) is 3.28. The van der Waals surface area contributed by atoms with Gasteiger partial charge in [-0.15, -0.1) is 11.3 Å². The number of para-hydroxylation sites is 2. The van der Waals surface area contributed by atoms with Gasteiger partial charge in [-0.25, -0.2) is 19.9 Å². The van der Waals surface area contributed by atoms with Crippen LogP contribution in [0.2, 0.25) is 0 Å². The molecule has 0 saturated carbocycles. The number of rotatable bonds is 5. The average molecular weight is 515 g/mol. The zero-order valence-electron chi connectivity index (χ0n) is 20.4. The molecule has 2 saturated heterocycles. The number of nitrogens with zero attached hydrogens (tertiary/aromatic N) is 7. The number of aromatic nitrogens is 6. The highest BCUT2D eigenvalue weighted by molar-refractivity contribution is 7.16. The van der Waals surface area contributed by atoms with E-state index in [4.69, 9.17) is 14.7 Å². The highest BCUT2D eigenvalue weighted by Gasteiger charge is 2.33. The number of H-pyrrole nitrogens is 1. The molecule has 5 aromatic rings. The number of benzene rings is 1. The van der Waals surface area contributed by atoms with Gasteiger partial charge in [0.25, 0.3) is 0 Å². The summed E-state index contributed by atoms with van der Waals surface area (Å²) in [6, 6.07) is 11.8. The van der Waals surface area contributed by atoms with Gasteiger partial charge in [-0.1, -0.05) is 12.1 Å². The lowest BCUT2D eigenvalue weighted by Gasteiger charge is -2.40. The Kier molecular flexibility index (Phi) is 5.40. The maximum atomic E-state index is 13.3. The Labute approximate surface area is 216 Å². The van der Waals surface area contributed by atoms with Crippen LogP contribution < -0.4 is 4.90 Å². The molecule has 1 N–H and O–H groups in total. The Bertz CT molecular complexity index is 1570. The monoisotopic (exact) mass is 514 g/mol. The summed E-state index contributed by atoms with van der Waals surface area (Å²) in [5.74, 6) is 1.19. The topological polar surface area (TPSA) is 105 Å². The van der Waals surface area contributed by atoms with Crippen LogP contribution >= 0.6 is 11.3 Å². The van der Waals surface area contributed by atoms with Gasteiger partial charge in [0.2, 0.25) is 5.91 Å². The molecule has 2 aliphatic heterocycles. The van der Waals surface area contributed by atoms with E-state index in [1.165, 1.54) is 0 Å². The van der Waals surface area contributed by atoms with Gasteiger partial charge in [0, 0.05) is 31.9 Å². The molecular formula is C26H26N8O2S. The molecule has 2 fully saturated rings. The van der Waals surface area contributed by atoms with Gasteiger partial charge in [-0.2, -0.15) is 0 Å². The summed E-state index contributed by atoms with van der Waals surface area (Å²) < 4.78 is 7.27. The molecule has 0 spiro atoms. The summed E-state index contributed by atoms with van der Waals surface area (Å²) in [6.45, 7) is 5.86. The number of nitrogens with one attached hydrogen (secondary N) is 1. The minimum Gasteiger partial charge on any atom is -0.380 e. The number of carbonyl (C=O) groups is 1. The number of hydrogen-bond acceptors (Lipinski definition) is 8. The van der Waals surface area contributed by atoms with Crippen molar-refractivity contribution in [2.24, 2.45) is 0 Å². The first-order valence-corrected chi connectivity index (χ1v) is 13.3. The van der Waals surface area contributed by atoms with E-state index in [1.54, 1.807) is 23.9 Å². The normalized spacial score (nSPS) is 18.6. The molecule has 11 heteroatoms. The zero-order chi connectivity index (χ0) is 24.9. The standard InChI is InChI=1S/C26H26N8O2S/c1-16-11-32(9-10-34(16)21(35)12-33-15-28-20-7-4-8-27-24(20)33)26-22(31-25(37-26)17-13-36-14-17)23-29-18-5-2-3-6-19(18)30-23/h2-8,15-17H,9-14H2,1H3,(H,29,30). The molecule has 37 heavy (non-hydrogen) atoms. The maximum Gasteiger partial charge on any atom is 0.242 e. The molecule has 10 nitrogen and oxygen atoms in total. The zero-order valence-corrected chi connectivity index (χ0v) is 21.2. The highest BCUT2D eigenvalue weighted by atomic mass is 32.1. The van der Waals surface area contributed by atoms with Crippen LogP contribution in [0.5, 0.6) is 0 Å². The van der Waals surface area contributed by atoms with Crippen molar-refractivity contribution >= 4 is 44.4 Å². The number of amides is 1. The second kappa shape index (κ2) is 8.93. The van der Waals surface area contributed by atoms with Crippen molar-refractivity contribution in [2.45, 2.75) is 25.4 Å². The fourth-order valence-corrected chi connectivity index (χ4v) is 6.25. The maximum absolute atomic E-state index is 13.3. The molecule has 4 aromatic heterocycles. The summed E-state index contributed by atoms with van der Waals surface area (Å²) in [7, 11) is 0. The van der Waals surface area contributed by atoms with Gasteiger partial charge in [0.1, 0.15) is 27.8 Å². The van der Waals surface area contributed by atoms with Crippen LogP contribution in [0.15, 0.2) is 48.9 Å². The summed E-state index contributed by atoms with van der Waals surface area (Å²) >= 11 is 1.72. The second-order valence-corrected chi connectivity index (χ2v) is 10.7. The van der Waals surface area contributed by atoms with Crippen LogP contribution in [0.4, 0.5) is 5.00 Å². The molecule has 1 aromatic carbocycles. The molecule has 188 valence electrons. The Morgan fingerprint density at radius 1 is 1.11 bits per heavy atom. The van der Waals surface area contributed by atoms with Crippen molar-refractivity contribution in [1.29, 1.82) is 0 Å². The second-order valence-electron chi connectivity index (χ2n) is 9.64. The lowest BCUT2D eigenvalue weighted by Crippen LogP contribution is -2.54. The van der Waals surface area contributed by atoms with Crippen LogP contribution in [0.3, 0.4) is 0 Å². The van der Waals surface area contributed by atoms with Crippen LogP contribution in [0.25, 0.3) is 33.7 Å². The van der Waals surface area contributed by atoms with E-state index in [2.05, 4.69) is 26.8 Å². The molecule has 0 radical (unpaired) electrons. The Hall–Kier alpha value is -3.83. The van der Waals surface area contributed by atoms with E-state index >= 15 is 0 Å². The van der Waals surface area contributed by atoms with E-state index < -0.39 is 0 Å². The SMILES string of the molecule is CC1CN(c2sc(C3COC3)nc2-c2nc3ccccc3[nH]2)CCN1C(=O)Cn1cnc2cccnc21. The third-order valence-corrected chi connectivity index (χ3v) is 8.42. The van der Waals surface area contributed by atoms with Crippen LogP contribution in [-0.2, 0) is 16.1 Å². The van der Waals surface area contributed by atoms with E-state index in [-0.39, 0.29) is 18.5 Å². The van der Waals surface area contributed by atoms with Gasteiger partial charge in [0.05, 0.1) is 36.5 Å². The van der Waals surface area contributed by atoms with Crippen LogP contribution in [0.1, 0.15) is 17.8 Å². The molecule has 1 atom stereocenters. The number of ether oxygens (including phenoxy) is 1. The van der Waals surface area contributed by atoms with Gasteiger partial charge >= 0.3 is 0 Å². The minimum absolute atomic E-state index is 0.0464. The predicted molar refractivity (Wildman–Crippen MR) is 142 cm³/mol. The molecule has 1 amide bonds. The third-order valence-electron chi connectivity index (χ3n) is 7.14. The first-order chi connectivity index (χ1) is 18.1.